The molecule has 1 amide bonds. The molecule has 1 atom stereocenters. The minimum Gasteiger partial charge on any atom is -0.350 e. The number of carbonyl (C=O) groups excluding carboxylic acids is 1. The van der Waals surface area contributed by atoms with Gasteiger partial charge >= 0.3 is 0 Å². The second kappa shape index (κ2) is 7.99. The Labute approximate surface area is 159 Å². The van der Waals surface area contributed by atoms with Crippen molar-refractivity contribution in [1.82, 2.24) is 24.9 Å². The molecule has 0 radical (unpaired) electrons. The van der Waals surface area contributed by atoms with Gasteiger partial charge in [-0.2, -0.15) is 0 Å². The van der Waals surface area contributed by atoms with Crippen LogP contribution in [0, 0.1) is 0 Å². The summed E-state index contributed by atoms with van der Waals surface area (Å²) >= 11 is 0. The molecule has 1 aliphatic heterocycles. The first-order valence-electron chi connectivity index (χ1n) is 8.88. The summed E-state index contributed by atoms with van der Waals surface area (Å²) in [6.45, 7) is 3.70. The van der Waals surface area contributed by atoms with E-state index in [-0.39, 0.29) is 5.91 Å². The van der Waals surface area contributed by atoms with Gasteiger partial charge in [-0.3, -0.25) is 9.78 Å². The maximum Gasteiger partial charge on any atom is 0.267 e. The zero-order chi connectivity index (χ0) is 18.6. The molecule has 8 heteroatoms. The predicted molar refractivity (Wildman–Crippen MR) is 105 cm³/mol. The number of benzene rings is 1. The standard InChI is InChI=1S/C19H21N5O2S/c25-19(18-11-15-13-21-6-5-17(15)23-18)22-12-14-1-3-16(4-2-14)27(26)24-9-7-20-8-10-24/h1-6,11,13,20,23H,7-10,12H2,(H,22,25). The number of hydrogen-bond donors (Lipinski definition) is 3. The summed E-state index contributed by atoms with van der Waals surface area (Å²) in [5, 5.41) is 7.07. The van der Waals surface area contributed by atoms with Gasteiger partial charge in [-0.1, -0.05) is 12.1 Å². The fourth-order valence-corrected chi connectivity index (χ4v) is 4.24. The van der Waals surface area contributed by atoms with Gasteiger partial charge in [-0.15, -0.1) is 0 Å². The molecule has 3 N–H and O–H groups in total. The number of carbonyl (C=O) groups is 1. The van der Waals surface area contributed by atoms with Crippen LogP contribution in [0.25, 0.3) is 10.9 Å². The van der Waals surface area contributed by atoms with Gasteiger partial charge in [0.1, 0.15) is 16.7 Å². The Hall–Kier alpha value is -2.55. The summed E-state index contributed by atoms with van der Waals surface area (Å²) < 4.78 is 14.5. The van der Waals surface area contributed by atoms with Gasteiger partial charge in [0.15, 0.2) is 0 Å². The minimum absolute atomic E-state index is 0.167. The Morgan fingerprint density at radius 1 is 1.19 bits per heavy atom. The minimum atomic E-state index is -1.13. The molecule has 3 heterocycles. The highest BCUT2D eigenvalue weighted by Gasteiger charge is 2.17. The summed E-state index contributed by atoms with van der Waals surface area (Å²) in [6, 6.07) is 11.2. The first kappa shape index (κ1) is 17.8. The van der Waals surface area contributed by atoms with Gasteiger partial charge in [-0.25, -0.2) is 8.51 Å². The lowest BCUT2D eigenvalue weighted by Gasteiger charge is -2.25. The van der Waals surface area contributed by atoms with Crippen LogP contribution in [0.15, 0.2) is 53.7 Å². The highest BCUT2D eigenvalue weighted by Crippen LogP contribution is 2.15. The van der Waals surface area contributed by atoms with Gasteiger partial charge in [0, 0.05) is 56.0 Å². The van der Waals surface area contributed by atoms with Crippen LogP contribution in [0.4, 0.5) is 0 Å². The average molecular weight is 383 g/mol. The van der Waals surface area contributed by atoms with Crippen molar-refractivity contribution in [2.24, 2.45) is 0 Å². The van der Waals surface area contributed by atoms with Crippen LogP contribution < -0.4 is 10.6 Å². The quantitative estimate of drug-likeness (QED) is 0.622. The maximum absolute atomic E-state index is 12.6. The molecule has 3 aromatic rings. The van der Waals surface area contributed by atoms with Crippen LogP contribution in [-0.4, -0.2) is 50.6 Å². The number of hydrogen-bond acceptors (Lipinski definition) is 4. The van der Waals surface area contributed by atoms with Crippen LogP contribution in [0.1, 0.15) is 16.1 Å². The molecule has 0 saturated carbocycles. The average Bonchev–Trinajstić information content (AvgIpc) is 3.17. The monoisotopic (exact) mass is 383 g/mol. The maximum atomic E-state index is 12.6. The van der Waals surface area contributed by atoms with Crippen LogP contribution >= 0.6 is 0 Å². The number of aromatic nitrogens is 2. The third kappa shape index (κ3) is 4.08. The second-order valence-electron chi connectivity index (χ2n) is 6.40. The van der Waals surface area contributed by atoms with Gasteiger partial charge in [0.05, 0.1) is 4.90 Å². The van der Waals surface area contributed by atoms with E-state index < -0.39 is 11.0 Å². The number of aromatic amines is 1. The van der Waals surface area contributed by atoms with Crippen LogP contribution in [-0.2, 0) is 17.5 Å². The highest BCUT2D eigenvalue weighted by atomic mass is 32.2. The van der Waals surface area contributed by atoms with Crippen molar-refractivity contribution in [3.05, 3.63) is 60.0 Å². The Kier molecular flexibility index (Phi) is 5.28. The van der Waals surface area contributed by atoms with Gasteiger partial charge < -0.3 is 15.6 Å². The molecule has 1 aromatic carbocycles. The van der Waals surface area contributed by atoms with Gasteiger partial charge in [0.25, 0.3) is 5.91 Å². The summed E-state index contributed by atoms with van der Waals surface area (Å²) in [6.07, 6.45) is 3.41. The first-order valence-corrected chi connectivity index (χ1v) is 9.99. The summed E-state index contributed by atoms with van der Waals surface area (Å²) in [7, 11) is -1.13. The van der Waals surface area contributed by atoms with E-state index in [9.17, 15) is 9.00 Å². The number of amides is 1. The number of H-pyrrole nitrogens is 1. The molecule has 0 bridgehead atoms. The lowest BCUT2D eigenvalue weighted by atomic mass is 10.2. The molecule has 4 rings (SSSR count). The molecular weight excluding hydrogens is 362 g/mol. The summed E-state index contributed by atoms with van der Waals surface area (Å²) in [5.74, 6) is -0.167. The number of fused-ring (bicyclic) bond motifs is 1. The Morgan fingerprint density at radius 3 is 2.70 bits per heavy atom. The normalized spacial score (nSPS) is 16.3. The molecule has 0 aliphatic carbocycles. The fraction of sp³-hybridized carbons (Fsp3) is 0.263. The van der Waals surface area contributed by atoms with Crippen molar-refractivity contribution < 1.29 is 9.00 Å². The van der Waals surface area contributed by atoms with Crippen LogP contribution in [0.3, 0.4) is 0 Å². The zero-order valence-corrected chi connectivity index (χ0v) is 15.6. The van der Waals surface area contributed by atoms with E-state index in [2.05, 4.69) is 20.6 Å². The van der Waals surface area contributed by atoms with E-state index in [0.29, 0.717) is 12.2 Å². The van der Waals surface area contributed by atoms with E-state index in [0.717, 1.165) is 47.5 Å². The molecule has 1 saturated heterocycles. The Morgan fingerprint density at radius 2 is 1.96 bits per heavy atom. The largest absolute Gasteiger partial charge is 0.350 e. The Balaban J connectivity index is 1.36. The lowest BCUT2D eigenvalue weighted by molar-refractivity contribution is 0.0946. The van der Waals surface area contributed by atoms with E-state index in [1.807, 2.05) is 34.6 Å². The molecular formula is C19H21N5O2S. The predicted octanol–water partition coefficient (Wildman–Crippen LogP) is 1.42. The van der Waals surface area contributed by atoms with Gasteiger partial charge in [0.2, 0.25) is 0 Å². The van der Waals surface area contributed by atoms with Crippen molar-refractivity contribution in [1.29, 1.82) is 0 Å². The first-order chi connectivity index (χ1) is 13.2. The van der Waals surface area contributed by atoms with Crippen molar-refractivity contribution in [3.8, 4) is 0 Å². The summed E-state index contributed by atoms with van der Waals surface area (Å²) in [5.41, 5.74) is 2.35. The van der Waals surface area contributed by atoms with Gasteiger partial charge in [-0.05, 0) is 29.8 Å². The van der Waals surface area contributed by atoms with Crippen molar-refractivity contribution >= 4 is 27.8 Å². The Bertz CT molecular complexity index is 931. The molecule has 27 heavy (non-hydrogen) atoms. The molecule has 0 spiro atoms. The molecule has 2 aromatic heterocycles. The van der Waals surface area contributed by atoms with E-state index in [1.165, 1.54) is 0 Å². The number of rotatable bonds is 5. The molecule has 1 fully saturated rings. The van der Waals surface area contributed by atoms with Crippen LogP contribution in [0.2, 0.25) is 0 Å². The zero-order valence-electron chi connectivity index (χ0n) is 14.8. The number of pyridine rings is 1. The van der Waals surface area contributed by atoms with E-state index in [1.54, 1.807) is 18.5 Å². The molecule has 7 nitrogen and oxygen atoms in total. The second-order valence-corrected chi connectivity index (χ2v) is 7.89. The third-order valence-electron chi connectivity index (χ3n) is 4.55. The van der Waals surface area contributed by atoms with E-state index in [4.69, 9.17) is 0 Å². The van der Waals surface area contributed by atoms with Crippen LogP contribution in [0.5, 0.6) is 0 Å². The van der Waals surface area contributed by atoms with Crippen molar-refractivity contribution in [2.45, 2.75) is 11.4 Å². The number of piperazine rings is 1. The smallest absolute Gasteiger partial charge is 0.267 e. The van der Waals surface area contributed by atoms with E-state index >= 15 is 0 Å². The van der Waals surface area contributed by atoms with Crippen molar-refractivity contribution in [3.63, 3.8) is 0 Å². The third-order valence-corrected chi connectivity index (χ3v) is 6.06. The number of nitrogens with zero attached hydrogens (tertiary/aromatic N) is 2. The molecule has 1 unspecified atom stereocenters. The fourth-order valence-electron chi connectivity index (χ4n) is 3.06. The van der Waals surface area contributed by atoms with Crippen molar-refractivity contribution in [2.75, 3.05) is 26.2 Å². The lowest BCUT2D eigenvalue weighted by Crippen LogP contribution is -2.44. The SMILES string of the molecule is O=C(NCc1ccc(S(=O)N2CCNCC2)cc1)c1cc2cnccc2[nH]1. The highest BCUT2D eigenvalue weighted by molar-refractivity contribution is 7.82. The number of nitrogens with one attached hydrogen (secondary N) is 3. The summed E-state index contributed by atoms with van der Waals surface area (Å²) in [4.78, 5) is 20.3. The topological polar surface area (TPSA) is 90.1 Å². The molecule has 140 valence electrons. The molecule has 1 aliphatic rings.